The lowest BCUT2D eigenvalue weighted by atomic mass is 9.93. The van der Waals surface area contributed by atoms with E-state index in [1.54, 1.807) is 0 Å². The topological polar surface area (TPSA) is 38.3 Å². The molecular weight excluding hydrogens is 238 g/mol. The minimum atomic E-state index is -0.151. The Hall–Kier alpha value is -1.35. The Kier molecular flexibility index (Phi) is 5.40. The molecule has 19 heavy (non-hydrogen) atoms. The van der Waals surface area contributed by atoms with Crippen LogP contribution in [0.5, 0.6) is 0 Å². The number of carbonyl (C=O) groups excluding carboxylic acids is 1. The van der Waals surface area contributed by atoms with Crippen molar-refractivity contribution in [2.75, 3.05) is 13.1 Å². The fraction of sp³-hybridized carbons (Fsp3) is 0.562. The molecule has 1 aromatic carbocycles. The van der Waals surface area contributed by atoms with Gasteiger partial charge in [-0.05, 0) is 50.8 Å². The smallest absolute Gasteiger partial charge is 0.306 e. The number of nitrogens with one attached hydrogen (secondary N) is 1. The zero-order valence-corrected chi connectivity index (χ0v) is 11.6. The third-order valence-corrected chi connectivity index (χ3v) is 3.79. The largest absolute Gasteiger partial charge is 0.458 e. The molecule has 1 aliphatic heterocycles. The van der Waals surface area contributed by atoms with Crippen molar-refractivity contribution >= 4 is 5.97 Å². The van der Waals surface area contributed by atoms with Gasteiger partial charge >= 0.3 is 5.97 Å². The molecule has 0 aliphatic carbocycles. The summed E-state index contributed by atoms with van der Waals surface area (Å²) >= 11 is 0. The van der Waals surface area contributed by atoms with E-state index < -0.39 is 0 Å². The van der Waals surface area contributed by atoms with E-state index in [-0.39, 0.29) is 12.1 Å². The van der Waals surface area contributed by atoms with E-state index in [1.165, 1.54) is 12.8 Å². The fourth-order valence-electron chi connectivity index (χ4n) is 2.54. The predicted octanol–water partition coefficient (Wildman–Crippen LogP) is 3.07. The Morgan fingerprint density at radius 2 is 2.00 bits per heavy atom. The Bertz CT molecular complexity index is 385. The molecule has 0 saturated carbocycles. The van der Waals surface area contributed by atoms with Crippen molar-refractivity contribution in [3.05, 3.63) is 35.9 Å². The molecule has 1 saturated heterocycles. The molecule has 2 rings (SSSR count). The summed E-state index contributed by atoms with van der Waals surface area (Å²) in [6.45, 7) is 4.10. The van der Waals surface area contributed by atoms with Crippen molar-refractivity contribution in [1.29, 1.82) is 0 Å². The summed E-state index contributed by atoms with van der Waals surface area (Å²) < 4.78 is 5.47. The highest BCUT2D eigenvalue weighted by Crippen LogP contribution is 2.20. The minimum Gasteiger partial charge on any atom is -0.458 e. The van der Waals surface area contributed by atoms with Crippen molar-refractivity contribution in [3.63, 3.8) is 0 Å². The van der Waals surface area contributed by atoms with E-state index in [9.17, 15) is 4.79 Å². The van der Waals surface area contributed by atoms with Gasteiger partial charge < -0.3 is 10.1 Å². The first-order valence-corrected chi connectivity index (χ1v) is 7.21. The quantitative estimate of drug-likeness (QED) is 0.828. The molecule has 3 heteroatoms. The van der Waals surface area contributed by atoms with Gasteiger partial charge in [-0.15, -0.1) is 0 Å². The number of hydrogen-bond acceptors (Lipinski definition) is 3. The summed E-state index contributed by atoms with van der Waals surface area (Å²) in [6.07, 6.45) is 3.72. The van der Waals surface area contributed by atoms with Gasteiger partial charge in [0.25, 0.3) is 0 Å². The van der Waals surface area contributed by atoms with Crippen molar-refractivity contribution in [1.82, 2.24) is 5.32 Å². The summed E-state index contributed by atoms with van der Waals surface area (Å²) in [4.78, 5) is 11.8. The second-order valence-corrected chi connectivity index (χ2v) is 5.27. The first-order chi connectivity index (χ1) is 9.25. The third kappa shape index (κ3) is 4.67. The molecule has 0 amide bonds. The summed E-state index contributed by atoms with van der Waals surface area (Å²) in [6, 6.07) is 9.88. The third-order valence-electron chi connectivity index (χ3n) is 3.79. The number of rotatable bonds is 5. The fourth-order valence-corrected chi connectivity index (χ4v) is 2.54. The van der Waals surface area contributed by atoms with Crippen LogP contribution in [0.15, 0.2) is 30.3 Å². The van der Waals surface area contributed by atoms with Crippen molar-refractivity contribution in [2.45, 2.75) is 38.7 Å². The zero-order valence-electron chi connectivity index (χ0n) is 11.6. The molecule has 0 bridgehead atoms. The molecule has 1 N–H and O–H groups in total. The lowest BCUT2D eigenvalue weighted by molar-refractivity contribution is -0.149. The molecule has 1 atom stereocenters. The number of piperidine rings is 1. The van der Waals surface area contributed by atoms with Gasteiger partial charge in [0.2, 0.25) is 0 Å². The Morgan fingerprint density at radius 3 is 2.68 bits per heavy atom. The van der Waals surface area contributed by atoms with Gasteiger partial charge in [0.05, 0.1) is 0 Å². The van der Waals surface area contributed by atoms with Crippen molar-refractivity contribution < 1.29 is 9.53 Å². The average Bonchev–Trinajstić information content (AvgIpc) is 2.47. The monoisotopic (exact) mass is 261 g/mol. The maximum atomic E-state index is 11.8. The van der Waals surface area contributed by atoms with Crippen LogP contribution in [-0.2, 0) is 9.53 Å². The molecule has 1 fully saturated rings. The SMILES string of the molecule is CC(OC(=O)CCC1CCNCC1)c1ccccc1. The Morgan fingerprint density at radius 1 is 1.32 bits per heavy atom. The van der Waals surface area contributed by atoms with Crippen LogP contribution in [0.4, 0.5) is 0 Å². The first kappa shape index (κ1) is 14.1. The van der Waals surface area contributed by atoms with Gasteiger partial charge in [0, 0.05) is 6.42 Å². The van der Waals surface area contributed by atoms with Crippen LogP contribution in [0, 0.1) is 5.92 Å². The van der Waals surface area contributed by atoms with E-state index in [2.05, 4.69) is 5.32 Å². The van der Waals surface area contributed by atoms with Crippen LogP contribution in [0.1, 0.15) is 44.3 Å². The Labute approximate surface area is 115 Å². The predicted molar refractivity (Wildman–Crippen MR) is 75.8 cm³/mol. The molecular formula is C16H23NO2. The van der Waals surface area contributed by atoms with E-state index in [0.717, 1.165) is 25.1 Å². The minimum absolute atomic E-state index is 0.0742. The van der Waals surface area contributed by atoms with E-state index in [4.69, 9.17) is 4.74 Å². The molecule has 0 spiro atoms. The van der Waals surface area contributed by atoms with Gasteiger partial charge in [-0.1, -0.05) is 30.3 Å². The molecule has 1 aliphatic rings. The van der Waals surface area contributed by atoms with E-state index >= 15 is 0 Å². The number of ether oxygens (including phenoxy) is 1. The maximum Gasteiger partial charge on any atom is 0.306 e. The van der Waals surface area contributed by atoms with Crippen LogP contribution in [0.25, 0.3) is 0 Å². The van der Waals surface area contributed by atoms with Gasteiger partial charge in [-0.25, -0.2) is 0 Å². The molecule has 1 unspecified atom stereocenters. The van der Waals surface area contributed by atoms with Crippen LogP contribution < -0.4 is 5.32 Å². The highest BCUT2D eigenvalue weighted by atomic mass is 16.5. The lowest BCUT2D eigenvalue weighted by Crippen LogP contribution is -2.28. The lowest BCUT2D eigenvalue weighted by Gasteiger charge is -2.22. The van der Waals surface area contributed by atoms with E-state index in [0.29, 0.717) is 12.3 Å². The summed E-state index contributed by atoms with van der Waals surface area (Å²) in [5.74, 6) is 0.607. The molecule has 104 valence electrons. The highest BCUT2D eigenvalue weighted by molar-refractivity contribution is 5.69. The van der Waals surface area contributed by atoms with Crippen molar-refractivity contribution in [3.8, 4) is 0 Å². The number of hydrogen-bond donors (Lipinski definition) is 1. The summed E-state index contributed by atoms with van der Waals surface area (Å²) in [5.41, 5.74) is 1.05. The molecule has 0 radical (unpaired) electrons. The van der Waals surface area contributed by atoms with Gasteiger partial charge in [-0.3, -0.25) is 4.79 Å². The summed E-state index contributed by atoms with van der Waals surface area (Å²) in [5, 5.41) is 3.34. The van der Waals surface area contributed by atoms with Crippen LogP contribution >= 0.6 is 0 Å². The standard InChI is InChI=1S/C16H23NO2/c1-13(15-5-3-2-4-6-15)19-16(18)8-7-14-9-11-17-12-10-14/h2-6,13-14,17H,7-12H2,1H3. The number of esters is 1. The van der Waals surface area contributed by atoms with Crippen LogP contribution in [-0.4, -0.2) is 19.1 Å². The molecule has 1 heterocycles. The molecule has 3 nitrogen and oxygen atoms in total. The second kappa shape index (κ2) is 7.29. The van der Waals surface area contributed by atoms with E-state index in [1.807, 2.05) is 37.3 Å². The van der Waals surface area contributed by atoms with Gasteiger partial charge in [-0.2, -0.15) is 0 Å². The second-order valence-electron chi connectivity index (χ2n) is 5.27. The Balaban J connectivity index is 1.71. The maximum absolute atomic E-state index is 11.8. The first-order valence-electron chi connectivity index (χ1n) is 7.21. The van der Waals surface area contributed by atoms with Crippen molar-refractivity contribution in [2.24, 2.45) is 5.92 Å². The van der Waals surface area contributed by atoms with Gasteiger partial charge in [0.15, 0.2) is 0 Å². The zero-order chi connectivity index (χ0) is 13.5. The van der Waals surface area contributed by atoms with Gasteiger partial charge in [0.1, 0.15) is 6.10 Å². The summed E-state index contributed by atoms with van der Waals surface area (Å²) in [7, 11) is 0. The number of benzene rings is 1. The number of carbonyl (C=O) groups is 1. The normalized spacial score (nSPS) is 17.9. The van der Waals surface area contributed by atoms with Crippen LogP contribution in [0.2, 0.25) is 0 Å². The molecule has 0 aromatic heterocycles. The average molecular weight is 261 g/mol. The molecule has 1 aromatic rings. The van der Waals surface area contributed by atoms with Crippen LogP contribution in [0.3, 0.4) is 0 Å². The highest BCUT2D eigenvalue weighted by Gasteiger charge is 2.16.